The Balaban J connectivity index is 3.46. The third kappa shape index (κ3) is 13.4. The maximum atomic E-state index is 4.27. The summed E-state index contributed by atoms with van der Waals surface area (Å²) >= 11 is 0. The summed E-state index contributed by atoms with van der Waals surface area (Å²) in [5.41, 5.74) is 0. The molecule has 0 fully saturated rings. The average Bonchev–Trinajstić information content (AvgIpc) is 2.32. The fraction of sp³-hybridized carbons (Fsp3) is 0.938. The van der Waals surface area contributed by atoms with Gasteiger partial charge in [-0.2, -0.15) is 0 Å². The second kappa shape index (κ2) is 12.8. The lowest BCUT2D eigenvalue weighted by Gasteiger charge is -2.08. The summed E-state index contributed by atoms with van der Waals surface area (Å²) in [7, 11) is 0. The normalized spacial score (nSPS) is 12.3. The summed E-state index contributed by atoms with van der Waals surface area (Å²) in [6.45, 7) is 10.8. The minimum absolute atomic E-state index is 0.673. The molecule has 0 aliphatic carbocycles. The largest absolute Gasteiger partial charge is 0.226 e. The molecule has 1 atom stereocenters. The molecule has 0 aliphatic rings. The van der Waals surface area contributed by atoms with Crippen LogP contribution < -0.4 is 0 Å². The van der Waals surface area contributed by atoms with Crippen LogP contribution in [-0.4, -0.2) is 19.1 Å². The topological polar surface area (TPSA) is 24.7 Å². The van der Waals surface area contributed by atoms with Gasteiger partial charge in [0.15, 0.2) is 0 Å². The Labute approximate surface area is 114 Å². The van der Waals surface area contributed by atoms with E-state index in [0.29, 0.717) is 5.92 Å². The van der Waals surface area contributed by atoms with E-state index in [1.54, 1.807) is 0 Å². The Hall–Kier alpha value is -0.620. The van der Waals surface area contributed by atoms with Gasteiger partial charge in [0.1, 0.15) is 0 Å². The van der Waals surface area contributed by atoms with Crippen LogP contribution in [0.25, 0.3) is 0 Å². The van der Waals surface area contributed by atoms with E-state index in [-0.39, 0.29) is 0 Å². The molecule has 0 aliphatic heterocycles. The van der Waals surface area contributed by atoms with E-state index in [4.69, 9.17) is 0 Å². The van der Waals surface area contributed by atoms with E-state index >= 15 is 0 Å². The van der Waals surface area contributed by atoms with Crippen molar-refractivity contribution in [2.45, 2.75) is 72.6 Å². The van der Waals surface area contributed by atoms with E-state index in [9.17, 15) is 0 Å². The zero-order valence-electron chi connectivity index (χ0n) is 12.9. The van der Waals surface area contributed by atoms with Gasteiger partial charge < -0.3 is 0 Å². The van der Waals surface area contributed by atoms with Crippen LogP contribution in [0, 0.1) is 11.8 Å². The molecule has 2 heteroatoms. The molecule has 0 aromatic rings. The Morgan fingerprint density at radius 2 is 1.67 bits per heavy atom. The van der Waals surface area contributed by atoms with E-state index < -0.39 is 0 Å². The van der Waals surface area contributed by atoms with E-state index in [2.05, 4.69) is 43.7 Å². The molecule has 0 aromatic heterocycles. The number of nitrogens with zero attached hydrogens (tertiary/aromatic N) is 2. The molecule has 0 unspecified atom stereocenters. The zero-order chi connectivity index (χ0) is 13.6. The van der Waals surface area contributed by atoms with Crippen LogP contribution in [0.2, 0.25) is 0 Å². The second-order valence-corrected chi connectivity index (χ2v) is 5.81. The number of hydrogen-bond donors (Lipinski definition) is 0. The minimum Gasteiger partial charge on any atom is -0.226 e. The molecular formula is C16H32N2. The molecule has 0 saturated heterocycles. The van der Waals surface area contributed by atoms with E-state index in [1.807, 2.05) is 0 Å². The van der Waals surface area contributed by atoms with Crippen molar-refractivity contribution in [1.29, 1.82) is 0 Å². The number of hydrogen-bond acceptors (Lipinski definition) is 2. The van der Waals surface area contributed by atoms with Crippen molar-refractivity contribution in [3.8, 4) is 0 Å². The highest BCUT2D eigenvalue weighted by Crippen LogP contribution is 2.12. The van der Waals surface area contributed by atoms with Crippen LogP contribution in [-0.2, 0) is 0 Å². The lowest BCUT2D eigenvalue weighted by atomic mass is 10.00. The quantitative estimate of drug-likeness (QED) is 0.356. The SMILES string of the molecule is CCCCCCN=C=NC[C@H](C)CCCC(C)C. The summed E-state index contributed by atoms with van der Waals surface area (Å²) in [5.74, 6) is 1.50. The molecule has 2 nitrogen and oxygen atoms in total. The standard InChI is InChI=1S/C16H32N2/c1-5-6-7-8-12-17-14-18-13-16(4)11-9-10-15(2)3/h15-16H,5-13H2,1-4H3/t16-/m1/s1. The van der Waals surface area contributed by atoms with Crippen molar-refractivity contribution >= 4 is 6.01 Å². The van der Waals surface area contributed by atoms with Gasteiger partial charge in [0.2, 0.25) is 0 Å². The highest BCUT2D eigenvalue weighted by Gasteiger charge is 2.01. The van der Waals surface area contributed by atoms with Gasteiger partial charge in [-0.3, -0.25) is 0 Å². The molecule has 0 radical (unpaired) electrons. The Morgan fingerprint density at radius 1 is 0.889 bits per heavy atom. The predicted molar refractivity (Wildman–Crippen MR) is 81.6 cm³/mol. The summed E-state index contributed by atoms with van der Waals surface area (Å²) in [6.07, 6.45) is 9.00. The first kappa shape index (κ1) is 17.4. The van der Waals surface area contributed by atoms with Crippen molar-refractivity contribution in [3.63, 3.8) is 0 Å². The second-order valence-electron chi connectivity index (χ2n) is 5.81. The van der Waals surface area contributed by atoms with Gasteiger partial charge in [-0.1, -0.05) is 59.8 Å². The van der Waals surface area contributed by atoms with Crippen molar-refractivity contribution < 1.29 is 0 Å². The number of aliphatic imine (C=N–C) groups is 2. The van der Waals surface area contributed by atoms with E-state index in [1.165, 1.54) is 44.9 Å². The summed E-state index contributed by atoms with van der Waals surface area (Å²) in [5, 5.41) is 0. The highest BCUT2D eigenvalue weighted by molar-refractivity contribution is 5.40. The van der Waals surface area contributed by atoms with Crippen LogP contribution >= 0.6 is 0 Å². The van der Waals surface area contributed by atoms with Gasteiger partial charge in [0, 0.05) is 6.54 Å². The van der Waals surface area contributed by atoms with Gasteiger partial charge >= 0.3 is 0 Å². The molecule has 0 saturated carbocycles. The summed E-state index contributed by atoms with van der Waals surface area (Å²) in [4.78, 5) is 8.48. The van der Waals surface area contributed by atoms with Crippen molar-refractivity contribution in [1.82, 2.24) is 0 Å². The Bertz CT molecular complexity index is 227. The molecule has 0 spiro atoms. The maximum Gasteiger partial charge on any atom is 0.0892 e. The lowest BCUT2D eigenvalue weighted by Crippen LogP contribution is -2.00. The van der Waals surface area contributed by atoms with Gasteiger partial charge in [-0.25, -0.2) is 9.98 Å². The molecule has 18 heavy (non-hydrogen) atoms. The van der Waals surface area contributed by atoms with Crippen LogP contribution in [0.1, 0.15) is 72.6 Å². The van der Waals surface area contributed by atoms with E-state index in [0.717, 1.165) is 19.0 Å². The van der Waals surface area contributed by atoms with Crippen LogP contribution in [0.15, 0.2) is 9.98 Å². The molecular weight excluding hydrogens is 220 g/mol. The predicted octanol–water partition coefficient (Wildman–Crippen LogP) is 5.20. The monoisotopic (exact) mass is 252 g/mol. The first-order chi connectivity index (χ1) is 8.66. The fourth-order valence-corrected chi connectivity index (χ4v) is 1.88. The van der Waals surface area contributed by atoms with Crippen molar-refractivity contribution in [3.05, 3.63) is 0 Å². The Kier molecular flexibility index (Phi) is 12.4. The first-order valence-corrected chi connectivity index (χ1v) is 7.74. The average molecular weight is 252 g/mol. The van der Waals surface area contributed by atoms with Crippen LogP contribution in [0.3, 0.4) is 0 Å². The van der Waals surface area contributed by atoms with Gasteiger partial charge in [-0.05, 0) is 24.7 Å². The maximum absolute atomic E-state index is 4.27. The number of unbranched alkanes of at least 4 members (excludes halogenated alkanes) is 3. The smallest absolute Gasteiger partial charge is 0.0892 e. The Morgan fingerprint density at radius 3 is 2.33 bits per heavy atom. The molecule has 0 bridgehead atoms. The summed E-state index contributed by atoms with van der Waals surface area (Å²) in [6, 6.07) is 2.84. The lowest BCUT2D eigenvalue weighted by molar-refractivity contribution is 0.465. The molecule has 0 N–H and O–H groups in total. The zero-order valence-corrected chi connectivity index (χ0v) is 12.9. The van der Waals surface area contributed by atoms with Crippen molar-refractivity contribution in [2.24, 2.45) is 21.8 Å². The molecule has 0 aromatic carbocycles. The van der Waals surface area contributed by atoms with Crippen LogP contribution in [0.4, 0.5) is 0 Å². The van der Waals surface area contributed by atoms with Crippen molar-refractivity contribution in [2.75, 3.05) is 13.1 Å². The number of rotatable bonds is 11. The van der Waals surface area contributed by atoms with Gasteiger partial charge in [-0.15, -0.1) is 0 Å². The first-order valence-electron chi connectivity index (χ1n) is 7.74. The fourth-order valence-electron chi connectivity index (χ4n) is 1.88. The molecule has 0 rings (SSSR count). The summed E-state index contributed by atoms with van der Waals surface area (Å²) < 4.78 is 0. The third-order valence-corrected chi connectivity index (χ3v) is 3.15. The van der Waals surface area contributed by atoms with Gasteiger partial charge in [0.25, 0.3) is 0 Å². The van der Waals surface area contributed by atoms with Crippen LogP contribution in [0.5, 0.6) is 0 Å². The van der Waals surface area contributed by atoms with Gasteiger partial charge in [0.05, 0.1) is 12.6 Å². The minimum atomic E-state index is 0.673. The molecule has 0 heterocycles. The molecule has 106 valence electrons. The molecule has 0 amide bonds. The third-order valence-electron chi connectivity index (χ3n) is 3.15. The highest BCUT2D eigenvalue weighted by atomic mass is 14.8.